The average molecular weight is 510 g/mol. The number of aryl methyl sites for hydroxylation is 2. The summed E-state index contributed by atoms with van der Waals surface area (Å²) in [6, 6.07) is 24.2. The summed E-state index contributed by atoms with van der Waals surface area (Å²) in [7, 11) is 0. The second-order valence-electron chi connectivity index (χ2n) is 8.59. The van der Waals surface area contributed by atoms with Crippen LogP contribution >= 0.6 is 11.3 Å². The van der Waals surface area contributed by atoms with E-state index in [2.05, 4.69) is 5.32 Å². The van der Waals surface area contributed by atoms with Gasteiger partial charge in [0.25, 0.3) is 11.5 Å². The van der Waals surface area contributed by atoms with E-state index >= 15 is 0 Å². The first-order valence-electron chi connectivity index (χ1n) is 12.0. The Morgan fingerprint density at radius 2 is 1.68 bits per heavy atom. The predicted molar refractivity (Wildman–Crippen MR) is 149 cm³/mol. The van der Waals surface area contributed by atoms with Crippen LogP contribution < -0.4 is 24.8 Å². The number of amides is 1. The van der Waals surface area contributed by atoms with Gasteiger partial charge in [0.05, 0.1) is 16.8 Å². The molecule has 7 heteroatoms. The predicted octanol–water partition coefficient (Wildman–Crippen LogP) is 4.45. The van der Waals surface area contributed by atoms with Crippen molar-refractivity contribution in [2.45, 2.75) is 27.2 Å². The smallest absolute Gasteiger partial charge is 0.273 e. The fourth-order valence-corrected chi connectivity index (χ4v) is 4.78. The third-order valence-electron chi connectivity index (χ3n) is 5.65. The molecule has 1 aromatic heterocycles. The summed E-state index contributed by atoms with van der Waals surface area (Å²) in [5.41, 5.74) is 3.52. The molecule has 0 saturated carbocycles. The highest BCUT2D eigenvalue weighted by molar-refractivity contribution is 7.07. The van der Waals surface area contributed by atoms with Crippen LogP contribution in [-0.2, 0) is 4.79 Å². The van der Waals surface area contributed by atoms with E-state index in [1.54, 1.807) is 18.2 Å². The Balaban J connectivity index is 1.94. The lowest BCUT2D eigenvalue weighted by molar-refractivity contribution is -0.111. The standard InChI is InChI=1S/C30H27N3O3S/c1-4-17-36-26-8-6-5-7-22(26)18-27-29(35)33(24-15-11-21(3)12-16-24)30(37-27)25(19-31)28(34)32-23-13-9-20(2)10-14-23/h5-16,18H,4,17H2,1-3H3,(H,32,34)/b27-18+,30-25-. The first-order valence-corrected chi connectivity index (χ1v) is 12.8. The fraction of sp³-hybridized carbons (Fsp3) is 0.167. The molecule has 0 atom stereocenters. The summed E-state index contributed by atoms with van der Waals surface area (Å²) < 4.78 is 7.94. The normalized spacial score (nSPS) is 12.1. The molecular formula is C30H27N3O3S. The van der Waals surface area contributed by atoms with Crippen molar-refractivity contribution in [2.24, 2.45) is 0 Å². The molecular weight excluding hydrogens is 482 g/mol. The number of hydrogen-bond acceptors (Lipinski definition) is 5. The van der Waals surface area contributed by atoms with Gasteiger partial charge in [-0.15, -0.1) is 11.3 Å². The maximum absolute atomic E-state index is 13.7. The summed E-state index contributed by atoms with van der Waals surface area (Å²) in [5.74, 6) is 0.0916. The number of anilines is 1. The lowest BCUT2D eigenvalue weighted by Crippen LogP contribution is -2.32. The van der Waals surface area contributed by atoms with Crippen molar-refractivity contribution in [1.82, 2.24) is 4.57 Å². The highest BCUT2D eigenvalue weighted by atomic mass is 32.1. The number of carbonyl (C=O) groups excluding carboxylic acids is 1. The van der Waals surface area contributed by atoms with Crippen LogP contribution in [0.5, 0.6) is 5.75 Å². The highest BCUT2D eigenvalue weighted by Crippen LogP contribution is 2.19. The van der Waals surface area contributed by atoms with Crippen molar-refractivity contribution >= 4 is 34.6 Å². The molecule has 0 aliphatic heterocycles. The number of thiazole rings is 1. The molecule has 37 heavy (non-hydrogen) atoms. The van der Waals surface area contributed by atoms with Crippen LogP contribution in [0, 0.1) is 25.2 Å². The SMILES string of the molecule is CCCOc1ccccc1/C=c1/s/c(=C(/C#N)C(=O)Nc2ccc(C)cc2)n(-c2ccc(C)cc2)c1=O. The van der Waals surface area contributed by atoms with E-state index in [1.807, 2.05) is 87.5 Å². The maximum atomic E-state index is 13.7. The van der Waals surface area contributed by atoms with E-state index in [0.29, 0.717) is 28.3 Å². The van der Waals surface area contributed by atoms with Crippen LogP contribution in [-0.4, -0.2) is 17.1 Å². The molecule has 0 bridgehead atoms. The van der Waals surface area contributed by atoms with Gasteiger partial charge in [-0.1, -0.05) is 60.5 Å². The summed E-state index contributed by atoms with van der Waals surface area (Å²) in [4.78, 5) is 26.9. The number of carbonyl (C=O) groups is 1. The first-order chi connectivity index (χ1) is 17.9. The molecule has 0 aliphatic carbocycles. The monoisotopic (exact) mass is 509 g/mol. The zero-order valence-corrected chi connectivity index (χ0v) is 21.8. The molecule has 0 unspecified atom stereocenters. The number of aromatic nitrogens is 1. The van der Waals surface area contributed by atoms with Gasteiger partial charge >= 0.3 is 0 Å². The Labute approximate surface area is 219 Å². The van der Waals surface area contributed by atoms with Gasteiger partial charge in [-0.05, 0) is 56.7 Å². The van der Waals surface area contributed by atoms with E-state index in [4.69, 9.17) is 4.74 Å². The number of benzene rings is 3. The quantitative estimate of drug-likeness (QED) is 0.399. The second kappa shape index (κ2) is 11.5. The van der Waals surface area contributed by atoms with Crippen molar-refractivity contribution in [3.63, 3.8) is 0 Å². The van der Waals surface area contributed by atoms with Gasteiger partial charge in [-0.3, -0.25) is 14.2 Å². The van der Waals surface area contributed by atoms with Gasteiger partial charge in [0.2, 0.25) is 0 Å². The molecule has 3 aromatic carbocycles. The number of rotatable bonds is 7. The molecule has 0 aliphatic rings. The largest absolute Gasteiger partial charge is 0.493 e. The topological polar surface area (TPSA) is 84.1 Å². The minimum absolute atomic E-state index is 0.140. The van der Waals surface area contributed by atoms with E-state index in [-0.39, 0.29) is 15.8 Å². The van der Waals surface area contributed by atoms with Crippen LogP contribution in [0.3, 0.4) is 0 Å². The first kappa shape index (κ1) is 25.7. The number of para-hydroxylation sites is 1. The molecule has 6 nitrogen and oxygen atoms in total. The van der Waals surface area contributed by atoms with Crippen molar-refractivity contribution in [3.8, 4) is 17.5 Å². The van der Waals surface area contributed by atoms with Crippen LogP contribution in [0.1, 0.15) is 30.0 Å². The van der Waals surface area contributed by atoms with Gasteiger partial charge in [-0.25, -0.2) is 0 Å². The Morgan fingerprint density at radius 1 is 1.03 bits per heavy atom. The summed E-state index contributed by atoms with van der Waals surface area (Å²) in [6.07, 6.45) is 2.60. The van der Waals surface area contributed by atoms with Gasteiger partial charge in [0, 0.05) is 11.3 Å². The number of nitrogens with zero attached hydrogens (tertiary/aromatic N) is 2. The highest BCUT2D eigenvalue weighted by Gasteiger charge is 2.17. The number of hydrogen-bond donors (Lipinski definition) is 1. The minimum Gasteiger partial charge on any atom is -0.493 e. The van der Waals surface area contributed by atoms with Crippen molar-refractivity contribution in [2.75, 3.05) is 11.9 Å². The van der Waals surface area contributed by atoms with Crippen molar-refractivity contribution in [1.29, 1.82) is 5.26 Å². The molecule has 1 heterocycles. The van der Waals surface area contributed by atoms with Crippen LogP contribution in [0.2, 0.25) is 0 Å². The van der Waals surface area contributed by atoms with Crippen LogP contribution in [0.25, 0.3) is 17.3 Å². The molecule has 1 amide bonds. The number of nitriles is 1. The number of nitrogens with one attached hydrogen (secondary N) is 1. The van der Waals surface area contributed by atoms with Gasteiger partial charge < -0.3 is 10.1 Å². The Bertz CT molecular complexity index is 1640. The summed E-state index contributed by atoms with van der Waals surface area (Å²) in [6.45, 7) is 6.49. The minimum atomic E-state index is -0.577. The van der Waals surface area contributed by atoms with Crippen LogP contribution in [0.4, 0.5) is 5.69 Å². The van der Waals surface area contributed by atoms with E-state index in [1.165, 1.54) is 4.57 Å². The summed E-state index contributed by atoms with van der Waals surface area (Å²) in [5, 5.41) is 12.8. The molecule has 1 N–H and O–H groups in total. The van der Waals surface area contributed by atoms with Gasteiger partial charge in [0.1, 0.15) is 16.5 Å². The van der Waals surface area contributed by atoms with E-state index in [9.17, 15) is 14.9 Å². The third kappa shape index (κ3) is 5.88. The molecule has 4 aromatic rings. The Hall–Kier alpha value is -4.41. The van der Waals surface area contributed by atoms with E-state index in [0.717, 1.165) is 34.4 Å². The lowest BCUT2D eigenvalue weighted by Gasteiger charge is -2.07. The molecule has 0 spiro atoms. The molecule has 4 rings (SSSR count). The van der Waals surface area contributed by atoms with E-state index < -0.39 is 5.91 Å². The van der Waals surface area contributed by atoms with Crippen molar-refractivity contribution in [3.05, 3.63) is 109 Å². The molecule has 0 radical (unpaired) electrons. The Morgan fingerprint density at radius 3 is 2.32 bits per heavy atom. The Kier molecular flexibility index (Phi) is 8.02. The zero-order valence-electron chi connectivity index (χ0n) is 20.9. The maximum Gasteiger partial charge on any atom is 0.273 e. The molecule has 186 valence electrons. The summed E-state index contributed by atoms with van der Waals surface area (Å²) >= 11 is 1.11. The third-order valence-corrected chi connectivity index (χ3v) is 6.74. The molecule has 0 fully saturated rings. The van der Waals surface area contributed by atoms with Crippen molar-refractivity contribution < 1.29 is 9.53 Å². The second-order valence-corrected chi connectivity index (χ2v) is 9.62. The zero-order chi connectivity index (χ0) is 26.4. The van der Waals surface area contributed by atoms with Gasteiger partial charge in [-0.2, -0.15) is 5.26 Å². The van der Waals surface area contributed by atoms with Crippen LogP contribution in [0.15, 0.2) is 77.6 Å². The average Bonchev–Trinajstić information content (AvgIpc) is 3.21. The van der Waals surface area contributed by atoms with Gasteiger partial charge in [0.15, 0.2) is 5.57 Å². The number of ether oxygens (including phenoxy) is 1. The lowest BCUT2D eigenvalue weighted by atomic mass is 10.2. The molecule has 0 saturated heterocycles. The fourth-order valence-electron chi connectivity index (χ4n) is 3.69.